The molecule has 5 heteroatoms. The van der Waals surface area contributed by atoms with Crippen LogP contribution in [0.25, 0.3) is 16.0 Å². The fourth-order valence-corrected chi connectivity index (χ4v) is 1.71. The maximum absolute atomic E-state index is 4.55. The van der Waals surface area contributed by atoms with Gasteiger partial charge in [-0.3, -0.25) is 0 Å². The summed E-state index contributed by atoms with van der Waals surface area (Å²) in [6, 6.07) is 1.30. The molecule has 0 bridgehead atoms. The first-order valence-electron chi connectivity index (χ1n) is 7.64. The third-order valence-corrected chi connectivity index (χ3v) is 2.73. The minimum Gasteiger partial charge on any atom is -0.659 e. The largest absolute Gasteiger partial charge is 4.00 e. The van der Waals surface area contributed by atoms with E-state index < -0.39 is 0 Å². The van der Waals surface area contributed by atoms with Crippen molar-refractivity contribution in [2.24, 2.45) is 0 Å². The van der Waals surface area contributed by atoms with E-state index in [1.807, 2.05) is 0 Å². The third-order valence-electron chi connectivity index (χ3n) is 2.73. The minimum atomic E-state index is 0. The van der Waals surface area contributed by atoms with Gasteiger partial charge in [0.15, 0.2) is 0 Å². The molecule has 0 aliphatic rings. The second kappa shape index (κ2) is 17.1. The summed E-state index contributed by atoms with van der Waals surface area (Å²) in [5.74, 6) is 0. The first kappa shape index (κ1) is 26.6. The second-order valence-corrected chi connectivity index (χ2v) is 5.84. The second-order valence-electron chi connectivity index (χ2n) is 5.84. The van der Waals surface area contributed by atoms with Crippen LogP contribution in [-0.2, 0) is 26.2 Å². The summed E-state index contributed by atoms with van der Waals surface area (Å²) in [7, 11) is 0. The van der Waals surface area contributed by atoms with Crippen LogP contribution in [0.3, 0.4) is 0 Å². The van der Waals surface area contributed by atoms with Gasteiger partial charge in [-0.2, -0.15) is 0 Å². The van der Waals surface area contributed by atoms with E-state index >= 15 is 0 Å². The van der Waals surface area contributed by atoms with E-state index in [4.69, 9.17) is 0 Å². The van der Waals surface area contributed by atoms with E-state index in [1.54, 1.807) is 0 Å². The van der Waals surface area contributed by atoms with Crippen molar-refractivity contribution in [2.75, 3.05) is 39.3 Å². The molecule has 0 aliphatic carbocycles. The molecule has 0 rings (SSSR count). The molecule has 0 aliphatic heterocycles. The molecule has 0 aromatic carbocycles. The van der Waals surface area contributed by atoms with Crippen molar-refractivity contribution < 1.29 is 26.2 Å². The Hall–Kier alpha value is 0.723. The molecule has 21 heavy (non-hydrogen) atoms. The Morgan fingerprint density at radius 1 is 0.619 bits per heavy atom. The summed E-state index contributed by atoms with van der Waals surface area (Å²) in [6.45, 7) is 18.6. The smallest absolute Gasteiger partial charge is 0.659 e. The van der Waals surface area contributed by atoms with E-state index in [9.17, 15) is 0 Å². The summed E-state index contributed by atoms with van der Waals surface area (Å²) in [5.41, 5.74) is 0. The monoisotopic (exact) mass is 374 g/mol. The molecule has 0 fully saturated rings. The number of nitrogens with zero attached hydrogens (tertiary/aromatic N) is 4. The van der Waals surface area contributed by atoms with Crippen molar-refractivity contribution in [3.8, 4) is 0 Å². The summed E-state index contributed by atoms with van der Waals surface area (Å²) in [4.78, 5) is 2.43. The Labute approximate surface area is 153 Å². The van der Waals surface area contributed by atoms with Gasteiger partial charge in [-0.1, -0.05) is 41.5 Å². The molecule has 4 nitrogen and oxygen atoms in total. The van der Waals surface area contributed by atoms with E-state index in [0.717, 1.165) is 39.3 Å². The SMILES string of the molecule is CC(C)[N-]CCN(CC[N-]C(C)C)CC[N-]C(C)C.[CH3-].[Zr+4]. The topological polar surface area (TPSA) is 45.5 Å². The number of hydrogen-bond acceptors (Lipinski definition) is 1. The van der Waals surface area contributed by atoms with E-state index in [0.29, 0.717) is 18.1 Å². The molecule has 0 aromatic heterocycles. The van der Waals surface area contributed by atoms with Crippen LogP contribution in [0.2, 0.25) is 0 Å². The molecular formula is C16H36N4Zr. The average molecular weight is 376 g/mol. The zero-order chi connectivity index (χ0) is 14.7. The third kappa shape index (κ3) is 20.7. The summed E-state index contributed by atoms with van der Waals surface area (Å²) in [6.07, 6.45) is 0. The van der Waals surface area contributed by atoms with Crippen molar-refractivity contribution in [3.05, 3.63) is 23.4 Å². The fourth-order valence-electron chi connectivity index (χ4n) is 1.71. The normalized spacial score (nSPS) is 11.1. The minimum absolute atomic E-state index is 0. The molecule has 0 saturated carbocycles. The van der Waals surface area contributed by atoms with Crippen LogP contribution in [0.4, 0.5) is 0 Å². The van der Waals surface area contributed by atoms with E-state index in [2.05, 4.69) is 62.4 Å². The Morgan fingerprint density at radius 2 is 0.857 bits per heavy atom. The standard InChI is InChI=1S/C15H33N4.CH3.Zr/c1-13(2)16-7-10-19(11-8-17-14(3)4)12-9-18-15(5)6;;/h13-15H,7-12H2,1-6H3;1H3;/q-3;-1;+4. The zero-order valence-electron chi connectivity index (χ0n) is 15.3. The predicted molar refractivity (Wildman–Crippen MR) is 92.9 cm³/mol. The van der Waals surface area contributed by atoms with Crippen molar-refractivity contribution >= 4 is 0 Å². The van der Waals surface area contributed by atoms with Gasteiger partial charge in [0, 0.05) is 0 Å². The van der Waals surface area contributed by atoms with Gasteiger partial charge in [0.1, 0.15) is 0 Å². The maximum atomic E-state index is 4.55. The summed E-state index contributed by atoms with van der Waals surface area (Å²) >= 11 is 0. The van der Waals surface area contributed by atoms with Crippen molar-refractivity contribution in [1.29, 1.82) is 0 Å². The van der Waals surface area contributed by atoms with Gasteiger partial charge in [-0.05, 0) is 19.6 Å². The fraction of sp³-hybridized carbons (Fsp3) is 0.938. The Morgan fingerprint density at radius 3 is 1.05 bits per heavy atom. The molecule has 124 valence electrons. The molecule has 0 heterocycles. The number of hydrogen-bond donors (Lipinski definition) is 0. The van der Waals surface area contributed by atoms with Gasteiger partial charge in [0.05, 0.1) is 0 Å². The Kier molecular flexibility index (Phi) is 21.6. The molecule has 0 N–H and O–H groups in total. The molecule has 0 spiro atoms. The van der Waals surface area contributed by atoms with Crippen LogP contribution in [0.15, 0.2) is 0 Å². The van der Waals surface area contributed by atoms with Crippen LogP contribution in [0, 0.1) is 7.43 Å². The Balaban J connectivity index is -0.00000162. The van der Waals surface area contributed by atoms with Gasteiger partial charge >= 0.3 is 26.2 Å². The quantitative estimate of drug-likeness (QED) is 0.474. The molecule has 0 saturated heterocycles. The molecule has 0 amide bonds. The van der Waals surface area contributed by atoms with Gasteiger partial charge in [-0.25, -0.2) is 0 Å². The first-order chi connectivity index (χ1) is 8.91. The van der Waals surface area contributed by atoms with Crippen molar-refractivity contribution in [2.45, 2.75) is 59.7 Å². The molecule has 0 radical (unpaired) electrons. The van der Waals surface area contributed by atoms with Crippen LogP contribution in [-0.4, -0.2) is 62.3 Å². The van der Waals surface area contributed by atoms with Crippen LogP contribution >= 0.6 is 0 Å². The zero-order valence-corrected chi connectivity index (χ0v) is 17.7. The molecule has 0 atom stereocenters. The van der Waals surface area contributed by atoms with Crippen molar-refractivity contribution in [1.82, 2.24) is 4.90 Å². The summed E-state index contributed by atoms with van der Waals surface area (Å²) in [5, 5.41) is 13.6. The van der Waals surface area contributed by atoms with Gasteiger partial charge in [0.25, 0.3) is 0 Å². The summed E-state index contributed by atoms with van der Waals surface area (Å²) < 4.78 is 0. The Bertz CT molecular complexity index is 165. The van der Waals surface area contributed by atoms with Crippen LogP contribution in [0.5, 0.6) is 0 Å². The van der Waals surface area contributed by atoms with Crippen LogP contribution in [0.1, 0.15) is 41.5 Å². The number of rotatable bonds is 12. The van der Waals surface area contributed by atoms with E-state index in [-0.39, 0.29) is 33.6 Å². The molecular weight excluding hydrogens is 339 g/mol. The molecule has 0 unspecified atom stereocenters. The van der Waals surface area contributed by atoms with Crippen LogP contribution < -0.4 is 0 Å². The van der Waals surface area contributed by atoms with Gasteiger partial charge < -0.3 is 28.3 Å². The van der Waals surface area contributed by atoms with Gasteiger partial charge in [0.2, 0.25) is 0 Å². The first-order valence-corrected chi connectivity index (χ1v) is 7.64. The maximum Gasteiger partial charge on any atom is 4.00 e. The van der Waals surface area contributed by atoms with Gasteiger partial charge in [-0.15, -0.1) is 37.8 Å². The predicted octanol–water partition coefficient (Wildman–Crippen LogP) is 4.08. The van der Waals surface area contributed by atoms with Crippen molar-refractivity contribution in [3.63, 3.8) is 0 Å². The molecule has 0 aromatic rings. The average Bonchev–Trinajstić information content (AvgIpc) is 2.26. The van der Waals surface area contributed by atoms with E-state index in [1.165, 1.54) is 0 Å².